The van der Waals surface area contributed by atoms with Gasteiger partial charge in [-0.05, 0) is 12.1 Å². The van der Waals surface area contributed by atoms with E-state index in [-0.39, 0.29) is 25.9 Å². The van der Waals surface area contributed by atoms with Crippen molar-refractivity contribution in [1.29, 1.82) is 0 Å². The number of rotatable bonds is 2. The van der Waals surface area contributed by atoms with Crippen molar-refractivity contribution in [3.05, 3.63) is 29.6 Å². The molecule has 0 unspecified atom stereocenters. The summed E-state index contributed by atoms with van der Waals surface area (Å²) in [5.74, 6) is -2.63. The molecule has 1 heterocycles. The molecule has 0 saturated heterocycles. The average molecular weight is 175 g/mol. The number of carboxylic acid groups (broad SMARTS) is 2. The van der Waals surface area contributed by atoms with Gasteiger partial charge in [-0.3, -0.25) is 0 Å². The SMILES string of the molecule is O=C(O)c1cccnc1C(=O)O.[H-].[Li+]. The first-order chi connectivity index (χ1) is 5.63. The van der Waals surface area contributed by atoms with Gasteiger partial charge in [0.2, 0.25) is 0 Å². The first-order valence-corrected chi connectivity index (χ1v) is 3.04. The molecule has 1 aromatic heterocycles. The van der Waals surface area contributed by atoms with E-state index in [1.54, 1.807) is 0 Å². The second kappa shape index (κ2) is 4.65. The molecule has 5 nitrogen and oxygen atoms in total. The number of pyridine rings is 1. The molecule has 6 heteroatoms. The molecule has 0 aliphatic heterocycles. The molecule has 1 aromatic rings. The van der Waals surface area contributed by atoms with Crippen molar-refractivity contribution in [1.82, 2.24) is 4.98 Å². The fraction of sp³-hybridized carbons (Fsp3) is 0. The van der Waals surface area contributed by atoms with Gasteiger partial charge in [0.15, 0.2) is 5.69 Å². The predicted octanol–water partition coefficient (Wildman–Crippen LogP) is -2.41. The van der Waals surface area contributed by atoms with E-state index in [0.717, 1.165) is 0 Å². The van der Waals surface area contributed by atoms with Gasteiger partial charge in [0.1, 0.15) is 0 Å². The van der Waals surface area contributed by atoms with Crippen LogP contribution in [0.25, 0.3) is 0 Å². The molecular weight excluding hydrogens is 169 g/mol. The van der Waals surface area contributed by atoms with Gasteiger partial charge in [0.05, 0.1) is 5.56 Å². The summed E-state index contributed by atoms with van der Waals surface area (Å²) in [5.41, 5.74) is -0.741. The van der Waals surface area contributed by atoms with Crippen molar-refractivity contribution in [2.75, 3.05) is 0 Å². The van der Waals surface area contributed by atoms with Crippen LogP contribution in [0.3, 0.4) is 0 Å². The van der Waals surface area contributed by atoms with Crippen molar-refractivity contribution in [3.8, 4) is 0 Å². The predicted molar refractivity (Wildman–Crippen MR) is 39.3 cm³/mol. The second-order valence-corrected chi connectivity index (χ2v) is 2.01. The van der Waals surface area contributed by atoms with Crippen LogP contribution in [0.5, 0.6) is 0 Å². The fourth-order valence-corrected chi connectivity index (χ4v) is 0.748. The number of carbonyl (C=O) groups is 2. The van der Waals surface area contributed by atoms with Gasteiger partial charge in [0, 0.05) is 6.20 Å². The zero-order valence-corrected chi connectivity index (χ0v) is 6.89. The van der Waals surface area contributed by atoms with Gasteiger partial charge in [-0.25, -0.2) is 14.6 Å². The van der Waals surface area contributed by atoms with E-state index in [1.165, 1.54) is 18.3 Å². The van der Waals surface area contributed by atoms with Crippen LogP contribution in [0.4, 0.5) is 0 Å². The molecule has 0 spiro atoms. The van der Waals surface area contributed by atoms with E-state index in [1.807, 2.05) is 0 Å². The Morgan fingerprint density at radius 1 is 1.31 bits per heavy atom. The van der Waals surface area contributed by atoms with E-state index in [4.69, 9.17) is 10.2 Å². The van der Waals surface area contributed by atoms with Crippen LogP contribution >= 0.6 is 0 Å². The number of hydrogen-bond donors (Lipinski definition) is 2. The number of aromatic carboxylic acids is 2. The molecule has 0 aromatic carbocycles. The molecule has 2 N–H and O–H groups in total. The Morgan fingerprint density at radius 2 is 1.92 bits per heavy atom. The zero-order chi connectivity index (χ0) is 9.14. The molecular formula is C7H6LiNO4. The number of aromatic nitrogens is 1. The molecule has 64 valence electrons. The minimum atomic E-state index is -1.34. The standard InChI is InChI=1S/C7H5NO4.Li.H/c9-6(10)4-2-1-3-8-5(4)7(11)12;;/h1-3H,(H,9,10)(H,11,12);;/q;+1;-1. The van der Waals surface area contributed by atoms with Crippen LogP contribution in [0, 0.1) is 0 Å². The maximum absolute atomic E-state index is 10.4. The summed E-state index contributed by atoms with van der Waals surface area (Å²) < 4.78 is 0. The third-order valence-corrected chi connectivity index (χ3v) is 1.24. The van der Waals surface area contributed by atoms with Gasteiger partial charge < -0.3 is 11.6 Å². The number of hydrogen-bond acceptors (Lipinski definition) is 3. The van der Waals surface area contributed by atoms with Crippen LogP contribution in [-0.2, 0) is 0 Å². The molecule has 0 fully saturated rings. The van der Waals surface area contributed by atoms with Crippen molar-refractivity contribution in [2.24, 2.45) is 0 Å². The Hall–Kier alpha value is -1.31. The number of carboxylic acids is 2. The second-order valence-electron chi connectivity index (χ2n) is 2.01. The summed E-state index contributed by atoms with van der Waals surface area (Å²) in [6.45, 7) is 0. The molecule has 13 heavy (non-hydrogen) atoms. The van der Waals surface area contributed by atoms with Gasteiger partial charge in [-0.1, -0.05) is 0 Å². The third-order valence-electron chi connectivity index (χ3n) is 1.24. The first kappa shape index (κ1) is 11.7. The van der Waals surface area contributed by atoms with E-state index in [9.17, 15) is 9.59 Å². The normalized spacial score (nSPS) is 8.62. The van der Waals surface area contributed by atoms with Crippen molar-refractivity contribution < 1.29 is 40.1 Å². The fourth-order valence-electron chi connectivity index (χ4n) is 0.748. The zero-order valence-electron chi connectivity index (χ0n) is 7.89. The topological polar surface area (TPSA) is 87.5 Å². The Labute approximate surface area is 87.1 Å². The van der Waals surface area contributed by atoms with Gasteiger partial charge >= 0.3 is 30.8 Å². The van der Waals surface area contributed by atoms with E-state index >= 15 is 0 Å². The molecule has 0 bridgehead atoms. The van der Waals surface area contributed by atoms with Crippen LogP contribution in [0.1, 0.15) is 22.3 Å². The van der Waals surface area contributed by atoms with Gasteiger partial charge in [-0.15, -0.1) is 0 Å². The van der Waals surface area contributed by atoms with Gasteiger partial charge in [0.25, 0.3) is 0 Å². The Morgan fingerprint density at radius 3 is 2.31 bits per heavy atom. The van der Waals surface area contributed by atoms with Crippen molar-refractivity contribution in [2.45, 2.75) is 0 Å². The van der Waals surface area contributed by atoms with E-state index in [2.05, 4.69) is 4.98 Å². The van der Waals surface area contributed by atoms with Crippen LogP contribution in [-0.4, -0.2) is 27.1 Å². The third kappa shape index (κ3) is 2.58. The molecule has 0 amide bonds. The molecule has 0 aliphatic carbocycles. The van der Waals surface area contributed by atoms with Crippen molar-refractivity contribution in [3.63, 3.8) is 0 Å². The maximum Gasteiger partial charge on any atom is 1.00 e. The summed E-state index contributed by atoms with van der Waals surface area (Å²) in [6.07, 6.45) is 1.23. The van der Waals surface area contributed by atoms with Crippen LogP contribution < -0.4 is 18.9 Å². The van der Waals surface area contributed by atoms with Crippen LogP contribution in [0.2, 0.25) is 0 Å². The Balaban J connectivity index is 0. The number of nitrogens with zero attached hydrogens (tertiary/aromatic N) is 1. The summed E-state index contributed by atoms with van der Waals surface area (Å²) in [7, 11) is 0. The minimum absolute atomic E-state index is 0. The minimum Gasteiger partial charge on any atom is -1.00 e. The van der Waals surface area contributed by atoms with Gasteiger partial charge in [-0.2, -0.15) is 0 Å². The molecule has 1 rings (SSSR count). The van der Waals surface area contributed by atoms with Crippen LogP contribution in [0.15, 0.2) is 18.3 Å². The largest absolute Gasteiger partial charge is 1.00 e. The summed E-state index contributed by atoms with van der Waals surface area (Å²) in [4.78, 5) is 24.2. The smallest absolute Gasteiger partial charge is 1.00 e. The van der Waals surface area contributed by atoms with E-state index < -0.39 is 17.6 Å². The maximum atomic E-state index is 10.4. The molecule has 0 saturated carbocycles. The monoisotopic (exact) mass is 175 g/mol. The average Bonchev–Trinajstić information content (AvgIpc) is 2.04. The first-order valence-electron chi connectivity index (χ1n) is 3.04. The van der Waals surface area contributed by atoms with Crippen molar-refractivity contribution >= 4 is 11.9 Å². The van der Waals surface area contributed by atoms with E-state index in [0.29, 0.717) is 0 Å². The molecule has 0 radical (unpaired) electrons. The molecule has 0 aliphatic rings. The Kier molecular flexibility index (Phi) is 4.18. The summed E-state index contributed by atoms with van der Waals surface area (Å²) in [5, 5.41) is 17.0. The summed E-state index contributed by atoms with van der Waals surface area (Å²) >= 11 is 0. The quantitative estimate of drug-likeness (QED) is 0.489. The molecule has 0 atom stereocenters. The summed E-state index contributed by atoms with van der Waals surface area (Å²) in [6, 6.07) is 2.56. The Bertz CT molecular complexity index is 311.